The van der Waals surface area contributed by atoms with E-state index in [1.807, 2.05) is 12.4 Å². The van der Waals surface area contributed by atoms with Gasteiger partial charge in [-0.05, 0) is 35.6 Å². The highest BCUT2D eigenvalue weighted by Gasteiger charge is 2.33. The number of nitrogens with zero attached hydrogens (tertiary/aromatic N) is 2. The molecule has 0 bridgehead atoms. The molecule has 2 nitrogen and oxygen atoms in total. The van der Waals surface area contributed by atoms with Crippen molar-refractivity contribution in [2.75, 3.05) is 0 Å². The number of rotatable bonds is 4. The van der Waals surface area contributed by atoms with Crippen molar-refractivity contribution in [3.05, 3.63) is 89.7 Å². The Balaban J connectivity index is 1.86. The Morgan fingerprint density at radius 2 is 1.77 bits per heavy atom. The zero-order valence-electron chi connectivity index (χ0n) is 15.0. The molecule has 1 unspecified atom stereocenters. The Morgan fingerprint density at radius 3 is 2.62 bits per heavy atom. The van der Waals surface area contributed by atoms with E-state index in [4.69, 9.17) is 0 Å². The fraction of sp³-hybridized carbons (Fsp3) is 0.208. The summed E-state index contributed by atoms with van der Waals surface area (Å²) in [6.45, 7) is 2.26. The van der Waals surface area contributed by atoms with Gasteiger partial charge in [0.15, 0.2) is 0 Å². The fourth-order valence-electron chi connectivity index (χ4n) is 4.45. The van der Waals surface area contributed by atoms with Gasteiger partial charge in [-0.2, -0.15) is 0 Å². The smallest absolute Gasteiger partial charge is 0.0852 e. The number of unbranched alkanes of at least 4 members (excludes halogenated alkanes) is 1. The van der Waals surface area contributed by atoms with Gasteiger partial charge in [0.05, 0.1) is 23.4 Å². The maximum Gasteiger partial charge on any atom is 0.0852 e. The minimum atomic E-state index is 0.226. The molecule has 0 fully saturated rings. The summed E-state index contributed by atoms with van der Waals surface area (Å²) in [6.07, 6.45) is 7.51. The Labute approximate surface area is 154 Å². The molecule has 5 rings (SSSR count). The van der Waals surface area contributed by atoms with Crippen LogP contribution in [0.3, 0.4) is 0 Å². The first kappa shape index (κ1) is 15.4. The highest BCUT2D eigenvalue weighted by Crippen LogP contribution is 2.48. The lowest BCUT2D eigenvalue weighted by molar-refractivity contribution is 0.736. The molecule has 3 heterocycles. The number of hydrogen-bond donors (Lipinski definition) is 0. The topological polar surface area (TPSA) is 17.8 Å². The number of fused-ring (bicyclic) bond motifs is 5. The van der Waals surface area contributed by atoms with Crippen molar-refractivity contribution in [2.45, 2.75) is 32.2 Å². The van der Waals surface area contributed by atoms with E-state index in [0.717, 1.165) is 6.42 Å². The van der Waals surface area contributed by atoms with Gasteiger partial charge < -0.3 is 4.57 Å². The summed E-state index contributed by atoms with van der Waals surface area (Å²) in [6, 6.07) is 22.2. The molecule has 2 heteroatoms. The predicted octanol–water partition coefficient (Wildman–Crippen LogP) is 6.00. The molecule has 0 saturated carbocycles. The Hall–Kier alpha value is -2.87. The molecule has 1 aliphatic rings. The Bertz CT molecular complexity index is 1080. The molecule has 1 aliphatic heterocycles. The van der Waals surface area contributed by atoms with Crippen LogP contribution in [-0.2, 0) is 6.42 Å². The average molecular weight is 338 g/mol. The minimum absolute atomic E-state index is 0.226. The van der Waals surface area contributed by atoms with Crippen LogP contribution in [0.2, 0.25) is 0 Å². The van der Waals surface area contributed by atoms with Crippen molar-refractivity contribution in [3.8, 4) is 11.3 Å². The van der Waals surface area contributed by atoms with Crippen LogP contribution in [0.5, 0.6) is 0 Å². The molecule has 2 aromatic carbocycles. The van der Waals surface area contributed by atoms with E-state index in [0.29, 0.717) is 0 Å². The van der Waals surface area contributed by atoms with Gasteiger partial charge >= 0.3 is 0 Å². The lowest BCUT2D eigenvalue weighted by Crippen LogP contribution is -2.07. The van der Waals surface area contributed by atoms with Crippen molar-refractivity contribution in [1.29, 1.82) is 0 Å². The van der Waals surface area contributed by atoms with E-state index in [9.17, 15) is 0 Å². The second-order valence-electron chi connectivity index (χ2n) is 7.09. The van der Waals surface area contributed by atoms with E-state index < -0.39 is 0 Å². The number of benzene rings is 2. The zero-order valence-corrected chi connectivity index (χ0v) is 15.0. The monoisotopic (exact) mass is 338 g/mol. The lowest BCUT2D eigenvalue weighted by atomic mass is 9.94. The van der Waals surface area contributed by atoms with Gasteiger partial charge in [0.2, 0.25) is 0 Å². The highest BCUT2D eigenvalue weighted by molar-refractivity contribution is 5.94. The molecule has 0 aliphatic carbocycles. The quantitative estimate of drug-likeness (QED) is 0.393. The summed E-state index contributed by atoms with van der Waals surface area (Å²) in [4.78, 5) is 4.45. The van der Waals surface area contributed by atoms with Crippen molar-refractivity contribution < 1.29 is 0 Å². The van der Waals surface area contributed by atoms with Gasteiger partial charge in [-0.25, -0.2) is 0 Å². The second-order valence-corrected chi connectivity index (χ2v) is 7.09. The number of hydrogen-bond acceptors (Lipinski definition) is 1. The maximum atomic E-state index is 4.45. The van der Waals surface area contributed by atoms with Crippen LogP contribution >= 0.6 is 0 Å². The number of pyridine rings is 1. The first-order valence-corrected chi connectivity index (χ1v) is 9.51. The maximum absolute atomic E-state index is 4.45. The first-order chi connectivity index (χ1) is 12.9. The van der Waals surface area contributed by atoms with Gasteiger partial charge in [-0.15, -0.1) is 0 Å². The average Bonchev–Trinajstić information content (AvgIpc) is 3.20. The summed E-state index contributed by atoms with van der Waals surface area (Å²) < 4.78 is 2.52. The molecule has 0 amide bonds. The second kappa shape index (κ2) is 6.14. The van der Waals surface area contributed by atoms with Crippen LogP contribution < -0.4 is 0 Å². The summed E-state index contributed by atoms with van der Waals surface area (Å²) in [5, 5.41) is 1.36. The fourth-order valence-corrected chi connectivity index (χ4v) is 4.45. The first-order valence-electron chi connectivity index (χ1n) is 9.51. The largest absolute Gasteiger partial charge is 0.327 e. The zero-order chi connectivity index (χ0) is 17.5. The molecule has 0 N–H and O–H groups in total. The SMILES string of the molecule is CCCCc1c2n(c3cnccc13)C(c1ccccc1)c1ccccc1-2. The van der Waals surface area contributed by atoms with Gasteiger partial charge in [-0.1, -0.05) is 67.9 Å². The van der Waals surface area contributed by atoms with Crippen molar-refractivity contribution in [2.24, 2.45) is 0 Å². The van der Waals surface area contributed by atoms with Crippen LogP contribution in [-0.4, -0.2) is 9.55 Å². The molecule has 1 atom stereocenters. The lowest BCUT2D eigenvalue weighted by Gasteiger charge is -2.17. The molecule has 4 aromatic rings. The van der Waals surface area contributed by atoms with Crippen LogP contribution in [0, 0.1) is 0 Å². The Morgan fingerprint density at radius 1 is 0.962 bits per heavy atom. The third kappa shape index (κ3) is 2.15. The van der Waals surface area contributed by atoms with E-state index in [1.165, 1.54) is 51.7 Å². The van der Waals surface area contributed by atoms with Crippen LogP contribution in [0.4, 0.5) is 0 Å². The standard InChI is InChI=1S/C24H22N2/c1-2-3-11-19-18-14-15-25-16-22(18)26-23(17-9-5-4-6-10-17)20-12-7-8-13-21(20)24(19)26/h4-10,12-16,23H,2-3,11H2,1H3. The Kier molecular flexibility index (Phi) is 3.63. The van der Waals surface area contributed by atoms with Crippen molar-refractivity contribution in [3.63, 3.8) is 0 Å². The predicted molar refractivity (Wildman–Crippen MR) is 107 cm³/mol. The van der Waals surface area contributed by atoms with Crippen LogP contribution in [0.25, 0.3) is 22.2 Å². The molecule has 0 saturated heterocycles. The third-order valence-corrected chi connectivity index (χ3v) is 5.58. The van der Waals surface area contributed by atoms with E-state index in [1.54, 1.807) is 0 Å². The molecular formula is C24H22N2. The molecule has 0 spiro atoms. The summed E-state index contributed by atoms with van der Waals surface area (Å²) >= 11 is 0. The van der Waals surface area contributed by atoms with Crippen molar-refractivity contribution in [1.82, 2.24) is 9.55 Å². The number of aromatic nitrogens is 2. The van der Waals surface area contributed by atoms with Gasteiger partial charge in [0, 0.05) is 17.1 Å². The number of aryl methyl sites for hydroxylation is 1. The van der Waals surface area contributed by atoms with Gasteiger partial charge in [-0.3, -0.25) is 4.98 Å². The molecule has 128 valence electrons. The highest BCUT2D eigenvalue weighted by atomic mass is 15.1. The van der Waals surface area contributed by atoms with Crippen molar-refractivity contribution >= 4 is 10.9 Å². The molecule has 2 aromatic heterocycles. The molecule has 26 heavy (non-hydrogen) atoms. The summed E-state index contributed by atoms with van der Waals surface area (Å²) in [5.74, 6) is 0. The van der Waals surface area contributed by atoms with E-state index in [-0.39, 0.29) is 6.04 Å². The summed E-state index contributed by atoms with van der Waals surface area (Å²) in [7, 11) is 0. The van der Waals surface area contributed by atoms with Gasteiger partial charge in [0.1, 0.15) is 0 Å². The van der Waals surface area contributed by atoms with Crippen LogP contribution in [0.15, 0.2) is 73.1 Å². The molecule has 0 radical (unpaired) electrons. The minimum Gasteiger partial charge on any atom is -0.327 e. The van der Waals surface area contributed by atoms with E-state index in [2.05, 4.69) is 77.1 Å². The van der Waals surface area contributed by atoms with Crippen LogP contribution in [0.1, 0.15) is 42.5 Å². The normalized spacial score (nSPS) is 15.2. The summed E-state index contributed by atoms with van der Waals surface area (Å²) in [5.41, 5.74) is 8.24. The third-order valence-electron chi connectivity index (χ3n) is 5.58. The van der Waals surface area contributed by atoms with E-state index >= 15 is 0 Å². The van der Waals surface area contributed by atoms with Gasteiger partial charge in [0.25, 0.3) is 0 Å². The molecular weight excluding hydrogens is 316 g/mol.